The topological polar surface area (TPSA) is 68.3 Å². The third kappa shape index (κ3) is 4.90. The standard InChI is InChI=1S/C20H16Cl2N2O3S/c1-11-3-5-14(7-12(11)2)23-20-24-17(10-28-20)19(26)27-9-18(25)13-4-6-15(21)16(22)8-13/h3-8,10H,9H2,1-2H3,(H,23,24). The Hall–Kier alpha value is -2.41. The summed E-state index contributed by atoms with van der Waals surface area (Å²) in [5.74, 6) is -1.05. The summed E-state index contributed by atoms with van der Waals surface area (Å²) in [4.78, 5) is 28.5. The molecule has 144 valence electrons. The van der Waals surface area contributed by atoms with Gasteiger partial charge in [0, 0.05) is 16.6 Å². The van der Waals surface area contributed by atoms with E-state index in [4.69, 9.17) is 27.9 Å². The van der Waals surface area contributed by atoms with Crippen molar-refractivity contribution >= 4 is 57.1 Å². The summed E-state index contributed by atoms with van der Waals surface area (Å²) in [6.45, 7) is 3.65. The van der Waals surface area contributed by atoms with Crippen molar-refractivity contribution in [1.29, 1.82) is 0 Å². The molecule has 0 aliphatic carbocycles. The maximum atomic E-state index is 12.2. The fourth-order valence-electron chi connectivity index (χ4n) is 2.33. The van der Waals surface area contributed by atoms with E-state index in [1.807, 2.05) is 32.0 Å². The quantitative estimate of drug-likeness (QED) is 0.389. The van der Waals surface area contributed by atoms with Gasteiger partial charge in [-0.15, -0.1) is 11.3 Å². The zero-order valence-corrected chi connectivity index (χ0v) is 17.4. The molecule has 3 aromatic rings. The van der Waals surface area contributed by atoms with Crippen LogP contribution in [-0.4, -0.2) is 23.3 Å². The minimum atomic E-state index is -0.669. The zero-order valence-electron chi connectivity index (χ0n) is 15.1. The van der Waals surface area contributed by atoms with Crippen LogP contribution >= 0.6 is 34.5 Å². The number of anilines is 2. The third-order valence-corrected chi connectivity index (χ3v) is 5.54. The van der Waals surface area contributed by atoms with Crippen molar-refractivity contribution in [2.75, 3.05) is 11.9 Å². The number of ether oxygens (including phenoxy) is 1. The van der Waals surface area contributed by atoms with Crippen LogP contribution in [0.4, 0.5) is 10.8 Å². The molecule has 0 radical (unpaired) electrons. The first-order chi connectivity index (χ1) is 13.3. The van der Waals surface area contributed by atoms with E-state index in [1.165, 1.54) is 35.1 Å². The van der Waals surface area contributed by atoms with Crippen LogP contribution in [0.15, 0.2) is 41.8 Å². The Morgan fingerprint density at radius 2 is 1.86 bits per heavy atom. The summed E-state index contributed by atoms with van der Waals surface area (Å²) in [5, 5.41) is 5.91. The fourth-order valence-corrected chi connectivity index (χ4v) is 3.32. The number of halogens is 2. The van der Waals surface area contributed by atoms with Gasteiger partial charge in [-0.05, 0) is 55.3 Å². The summed E-state index contributed by atoms with van der Waals surface area (Å²) in [5.41, 5.74) is 3.69. The maximum Gasteiger partial charge on any atom is 0.358 e. The molecule has 0 aliphatic rings. The molecular formula is C20H16Cl2N2O3S. The SMILES string of the molecule is Cc1ccc(Nc2nc(C(=O)OCC(=O)c3ccc(Cl)c(Cl)c3)cs2)cc1C. The van der Waals surface area contributed by atoms with Gasteiger partial charge in [0.1, 0.15) is 0 Å². The number of hydrogen-bond donors (Lipinski definition) is 1. The van der Waals surface area contributed by atoms with Gasteiger partial charge in [0.25, 0.3) is 0 Å². The molecule has 0 aliphatic heterocycles. The molecule has 0 unspecified atom stereocenters. The Kier molecular flexibility index (Phi) is 6.34. The molecule has 0 bridgehead atoms. The molecule has 0 saturated carbocycles. The fraction of sp³-hybridized carbons (Fsp3) is 0.150. The van der Waals surface area contributed by atoms with E-state index in [0.29, 0.717) is 15.7 Å². The molecule has 0 saturated heterocycles. The largest absolute Gasteiger partial charge is 0.453 e. The third-order valence-electron chi connectivity index (χ3n) is 4.05. The highest BCUT2D eigenvalue weighted by molar-refractivity contribution is 7.14. The monoisotopic (exact) mass is 434 g/mol. The van der Waals surface area contributed by atoms with Crippen LogP contribution in [0.3, 0.4) is 0 Å². The van der Waals surface area contributed by atoms with Crippen molar-refractivity contribution < 1.29 is 14.3 Å². The second-order valence-electron chi connectivity index (χ2n) is 6.09. The number of thiazole rings is 1. The Morgan fingerprint density at radius 3 is 2.57 bits per heavy atom. The number of carbonyl (C=O) groups is 2. The van der Waals surface area contributed by atoms with E-state index < -0.39 is 12.6 Å². The number of benzene rings is 2. The first-order valence-corrected chi connectivity index (χ1v) is 9.92. The lowest BCUT2D eigenvalue weighted by Gasteiger charge is -2.06. The second kappa shape index (κ2) is 8.73. The van der Waals surface area contributed by atoms with E-state index in [-0.39, 0.29) is 16.5 Å². The highest BCUT2D eigenvalue weighted by Gasteiger charge is 2.16. The molecule has 1 N–H and O–H groups in total. The average Bonchev–Trinajstić information content (AvgIpc) is 3.13. The minimum Gasteiger partial charge on any atom is -0.453 e. The number of hydrogen-bond acceptors (Lipinski definition) is 6. The van der Waals surface area contributed by atoms with Crippen molar-refractivity contribution in [3.05, 3.63) is 74.2 Å². The maximum absolute atomic E-state index is 12.2. The van der Waals surface area contributed by atoms with Crippen LogP contribution in [0.2, 0.25) is 10.0 Å². The first kappa shape index (κ1) is 20.3. The molecule has 2 aromatic carbocycles. The van der Waals surface area contributed by atoms with Crippen molar-refractivity contribution in [1.82, 2.24) is 4.98 Å². The van der Waals surface area contributed by atoms with Crippen LogP contribution in [0.1, 0.15) is 32.0 Å². The summed E-state index contributed by atoms with van der Waals surface area (Å²) < 4.78 is 5.06. The molecule has 28 heavy (non-hydrogen) atoms. The van der Waals surface area contributed by atoms with Gasteiger partial charge in [-0.1, -0.05) is 29.3 Å². The normalized spacial score (nSPS) is 10.6. The van der Waals surface area contributed by atoms with E-state index in [9.17, 15) is 9.59 Å². The van der Waals surface area contributed by atoms with Crippen LogP contribution in [0.5, 0.6) is 0 Å². The minimum absolute atomic E-state index is 0.137. The van der Waals surface area contributed by atoms with Crippen LogP contribution in [0, 0.1) is 13.8 Å². The Morgan fingerprint density at radius 1 is 1.07 bits per heavy atom. The number of nitrogens with zero attached hydrogens (tertiary/aromatic N) is 1. The van der Waals surface area contributed by atoms with E-state index >= 15 is 0 Å². The van der Waals surface area contributed by atoms with Gasteiger partial charge in [0.05, 0.1) is 10.0 Å². The van der Waals surface area contributed by atoms with Crippen molar-refractivity contribution in [2.24, 2.45) is 0 Å². The van der Waals surface area contributed by atoms with Gasteiger partial charge in [0.15, 0.2) is 23.2 Å². The summed E-state index contributed by atoms with van der Waals surface area (Å²) in [6, 6.07) is 10.4. The molecule has 0 fully saturated rings. The van der Waals surface area contributed by atoms with Gasteiger partial charge < -0.3 is 10.1 Å². The highest BCUT2D eigenvalue weighted by atomic mass is 35.5. The average molecular weight is 435 g/mol. The highest BCUT2D eigenvalue weighted by Crippen LogP contribution is 2.24. The van der Waals surface area contributed by atoms with Gasteiger partial charge in [-0.25, -0.2) is 9.78 Å². The summed E-state index contributed by atoms with van der Waals surface area (Å²) in [7, 11) is 0. The molecule has 0 atom stereocenters. The molecule has 0 amide bonds. The van der Waals surface area contributed by atoms with E-state index in [0.717, 1.165) is 11.3 Å². The number of ketones is 1. The first-order valence-electron chi connectivity index (χ1n) is 8.28. The van der Waals surface area contributed by atoms with Crippen LogP contribution in [0.25, 0.3) is 0 Å². The van der Waals surface area contributed by atoms with Crippen molar-refractivity contribution in [3.8, 4) is 0 Å². The van der Waals surface area contributed by atoms with Crippen molar-refractivity contribution in [2.45, 2.75) is 13.8 Å². The van der Waals surface area contributed by atoms with Gasteiger partial charge in [-0.2, -0.15) is 0 Å². The van der Waals surface area contributed by atoms with E-state index in [2.05, 4.69) is 10.3 Å². The molecular weight excluding hydrogens is 419 g/mol. The molecule has 1 heterocycles. The van der Waals surface area contributed by atoms with Crippen LogP contribution < -0.4 is 5.32 Å². The lowest BCUT2D eigenvalue weighted by atomic mass is 10.1. The van der Waals surface area contributed by atoms with Gasteiger partial charge >= 0.3 is 5.97 Å². The number of carbonyl (C=O) groups excluding carboxylic acids is 2. The van der Waals surface area contributed by atoms with Gasteiger partial charge in [-0.3, -0.25) is 4.79 Å². The summed E-state index contributed by atoms with van der Waals surface area (Å²) in [6.07, 6.45) is 0. The second-order valence-corrected chi connectivity index (χ2v) is 7.76. The molecule has 5 nitrogen and oxygen atoms in total. The predicted molar refractivity (Wildman–Crippen MR) is 112 cm³/mol. The van der Waals surface area contributed by atoms with Gasteiger partial charge in [0.2, 0.25) is 0 Å². The Labute approximate surface area is 176 Å². The number of esters is 1. The number of nitrogens with one attached hydrogen (secondary N) is 1. The lowest BCUT2D eigenvalue weighted by molar-refractivity contribution is 0.0470. The van der Waals surface area contributed by atoms with E-state index in [1.54, 1.807) is 5.38 Å². The van der Waals surface area contributed by atoms with Crippen molar-refractivity contribution in [3.63, 3.8) is 0 Å². The smallest absolute Gasteiger partial charge is 0.358 e. The molecule has 3 rings (SSSR count). The molecule has 8 heteroatoms. The lowest BCUT2D eigenvalue weighted by Crippen LogP contribution is -2.14. The van der Waals surface area contributed by atoms with Crippen LogP contribution in [-0.2, 0) is 4.74 Å². The number of rotatable bonds is 6. The summed E-state index contributed by atoms with van der Waals surface area (Å²) >= 11 is 13.0. The predicted octanol–water partition coefficient (Wildman–Crippen LogP) is 5.85. The number of Topliss-reactive ketones (excluding diaryl/α,β-unsaturated/α-hetero) is 1. The Bertz CT molecular complexity index is 1050. The Balaban J connectivity index is 1.59. The zero-order chi connectivity index (χ0) is 20.3. The molecule has 0 spiro atoms. The molecule has 1 aromatic heterocycles. The number of aromatic nitrogens is 1. The number of aryl methyl sites for hydroxylation is 2.